The molecule has 0 saturated heterocycles. The third-order valence-corrected chi connectivity index (χ3v) is 2.92. The molecule has 0 bridgehead atoms. The van der Waals surface area contributed by atoms with Crippen LogP contribution in [-0.2, 0) is 10.2 Å². The number of tetrazole rings is 1. The molecule has 0 aliphatic heterocycles. The first kappa shape index (κ1) is 12.0. The van der Waals surface area contributed by atoms with Gasteiger partial charge in [0, 0.05) is 6.04 Å². The molecule has 0 radical (unpaired) electrons. The number of aromatic nitrogens is 4. The summed E-state index contributed by atoms with van der Waals surface area (Å²) in [6, 6.07) is -0.694. The van der Waals surface area contributed by atoms with E-state index in [0.29, 0.717) is 5.82 Å². The monoisotopic (exact) mass is 234 g/mol. The number of nitrogens with zero attached hydrogens (tertiary/aromatic N) is 3. The van der Waals surface area contributed by atoms with Gasteiger partial charge < -0.3 is 0 Å². The van der Waals surface area contributed by atoms with Gasteiger partial charge in [-0.1, -0.05) is 5.21 Å². The second kappa shape index (κ2) is 4.64. The molecule has 1 rings (SSSR count). The molecule has 0 aromatic carbocycles. The minimum absolute atomic E-state index is 0.167. The zero-order valence-electron chi connectivity index (χ0n) is 8.72. The second-order valence-electron chi connectivity index (χ2n) is 3.39. The van der Waals surface area contributed by atoms with Crippen molar-refractivity contribution in [3.8, 4) is 0 Å². The fraction of sp³-hybridized carbons (Fsp3) is 0.833. The average Bonchev–Trinajstić information content (AvgIpc) is 2.50. The van der Waals surface area contributed by atoms with Gasteiger partial charge in [0.15, 0.2) is 5.82 Å². The van der Waals surface area contributed by atoms with E-state index in [1.807, 2.05) is 0 Å². The maximum Gasteiger partial charge on any atom is 0.277 e. The molecule has 0 spiro atoms. The molecule has 0 saturated carbocycles. The Bertz CT molecular complexity index is 386. The van der Waals surface area contributed by atoms with E-state index in [4.69, 9.17) is 0 Å². The minimum atomic E-state index is -3.53. The maximum absolute atomic E-state index is 11.4. The number of nitrogens with one attached hydrogen (secondary N) is 3. The summed E-state index contributed by atoms with van der Waals surface area (Å²) in [5, 5.41) is 12.9. The Morgan fingerprint density at radius 3 is 2.40 bits per heavy atom. The van der Waals surface area contributed by atoms with E-state index in [1.54, 1.807) is 20.8 Å². The molecule has 0 fully saturated rings. The van der Waals surface area contributed by atoms with E-state index in [0.717, 1.165) is 0 Å². The summed E-state index contributed by atoms with van der Waals surface area (Å²) in [5.74, 6) is 0.295. The zero-order valence-corrected chi connectivity index (χ0v) is 9.54. The van der Waals surface area contributed by atoms with E-state index >= 15 is 0 Å². The molecule has 0 aliphatic rings. The highest BCUT2D eigenvalue weighted by atomic mass is 32.2. The molecule has 1 aromatic heterocycles. The molecule has 1 atom stereocenters. The maximum atomic E-state index is 11.4. The molecule has 0 amide bonds. The van der Waals surface area contributed by atoms with E-state index in [1.165, 1.54) is 0 Å². The van der Waals surface area contributed by atoms with Crippen molar-refractivity contribution in [3.63, 3.8) is 0 Å². The van der Waals surface area contributed by atoms with Crippen molar-refractivity contribution in [2.24, 2.45) is 0 Å². The van der Waals surface area contributed by atoms with Crippen LogP contribution in [0.1, 0.15) is 32.6 Å². The Hall–Kier alpha value is -1.06. The smallest absolute Gasteiger partial charge is 0.200 e. The van der Waals surface area contributed by atoms with E-state index < -0.39 is 16.3 Å². The second-order valence-corrected chi connectivity index (χ2v) is 4.86. The van der Waals surface area contributed by atoms with Gasteiger partial charge in [0.05, 0.1) is 6.04 Å². The molecule has 3 N–H and O–H groups in total. The van der Waals surface area contributed by atoms with Crippen LogP contribution in [0.15, 0.2) is 0 Å². The predicted octanol–water partition coefficient (Wildman–Crippen LogP) is -0.907. The van der Waals surface area contributed by atoms with Crippen molar-refractivity contribution in [1.82, 2.24) is 30.1 Å². The molecule has 8 nitrogen and oxygen atoms in total. The van der Waals surface area contributed by atoms with Gasteiger partial charge in [-0.2, -0.15) is 23.1 Å². The summed E-state index contributed by atoms with van der Waals surface area (Å²) in [4.78, 5) is 0. The van der Waals surface area contributed by atoms with Crippen molar-refractivity contribution in [2.75, 3.05) is 0 Å². The van der Waals surface area contributed by atoms with E-state index in [9.17, 15) is 8.42 Å². The van der Waals surface area contributed by atoms with Crippen LogP contribution in [-0.4, -0.2) is 35.1 Å². The molecule has 15 heavy (non-hydrogen) atoms. The Morgan fingerprint density at radius 1 is 1.27 bits per heavy atom. The summed E-state index contributed by atoms with van der Waals surface area (Å²) in [5.41, 5.74) is 0. The Labute approximate surface area is 88.0 Å². The minimum Gasteiger partial charge on any atom is -0.200 e. The van der Waals surface area contributed by atoms with E-state index in [-0.39, 0.29) is 6.04 Å². The zero-order chi connectivity index (χ0) is 11.5. The van der Waals surface area contributed by atoms with Crippen LogP contribution in [0.3, 0.4) is 0 Å². The number of aromatic amines is 1. The lowest BCUT2D eigenvalue weighted by Crippen LogP contribution is -2.41. The van der Waals surface area contributed by atoms with Crippen LogP contribution in [0, 0.1) is 0 Å². The number of hydrogen-bond donors (Lipinski definition) is 3. The van der Waals surface area contributed by atoms with Gasteiger partial charge in [0.2, 0.25) is 0 Å². The standard InChI is InChI=1S/C6H14N6O2S/c1-4(2)9-15(13,14)10-5(3)6-7-11-12-8-6/h4-5,9-10H,1-3H3,(H,7,8,11,12). The van der Waals surface area contributed by atoms with Gasteiger partial charge >= 0.3 is 0 Å². The summed E-state index contributed by atoms with van der Waals surface area (Å²) in [6.07, 6.45) is 0. The van der Waals surface area contributed by atoms with Gasteiger partial charge in [0.25, 0.3) is 10.2 Å². The average molecular weight is 234 g/mol. The van der Waals surface area contributed by atoms with Crippen molar-refractivity contribution in [3.05, 3.63) is 5.82 Å². The molecule has 0 aliphatic carbocycles. The van der Waals surface area contributed by atoms with Crippen LogP contribution in [0.25, 0.3) is 0 Å². The van der Waals surface area contributed by atoms with Gasteiger partial charge in [-0.3, -0.25) is 0 Å². The summed E-state index contributed by atoms with van der Waals surface area (Å²) in [6.45, 7) is 5.10. The Morgan fingerprint density at radius 2 is 1.93 bits per heavy atom. The van der Waals surface area contributed by atoms with Crippen LogP contribution < -0.4 is 9.44 Å². The van der Waals surface area contributed by atoms with E-state index in [2.05, 4.69) is 30.1 Å². The van der Waals surface area contributed by atoms with Gasteiger partial charge in [-0.25, -0.2) is 0 Å². The van der Waals surface area contributed by atoms with Crippen molar-refractivity contribution in [2.45, 2.75) is 32.9 Å². The largest absolute Gasteiger partial charge is 0.277 e. The molecular weight excluding hydrogens is 220 g/mol. The van der Waals surface area contributed by atoms with Crippen molar-refractivity contribution in [1.29, 1.82) is 0 Å². The fourth-order valence-electron chi connectivity index (χ4n) is 0.983. The van der Waals surface area contributed by atoms with Crippen LogP contribution in [0.2, 0.25) is 0 Å². The number of hydrogen-bond acceptors (Lipinski definition) is 5. The van der Waals surface area contributed by atoms with Gasteiger partial charge in [-0.15, -0.1) is 10.2 Å². The van der Waals surface area contributed by atoms with Gasteiger partial charge in [0.1, 0.15) is 0 Å². The highest BCUT2D eigenvalue weighted by Crippen LogP contribution is 2.04. The normalized spacial score (nSPS) is 14.4. The lowest BCUT2D eigenvalue weighted by molar-refractivity contribution is 0.536. The van der Waals surface area contributed by atoms with Gasteiger partial charge in [-0.05, 0) is 20.8 Å². The molecule has 1 unspecified atom stereocenters. The number of H-pyrrole nitrogens is 1. The summed E-state index contributed by atoms with van der Waals surface area (Å²) >= 11 is 0. The lowest BCUT2D eigenvalue weighted by atomic mass is 10.4. The highest BCUT2D eigenvalue weighted by Gasteiger charge is 2.18. The summed E-state index contributed by atoms with van der Waals surface area (Å²) < 4.78 is 27.6. The fourth-order valence-corrected chi connectivity index (χ4v) is 2.24. The van der Waals surface area contributed by atoms with Crippen LogP contribution >= 0.6 is 0 Å². The third-order valence-electron chi connectivity index (χ3n) is 1.47. The molecule has 1 heterocycles. The number of rotatable bonds is 5. The third kappa shape index (κ3) is 3.90. The Kier molecular flexibility index (Phi) is 3.72. The first-order valence-corrected chi connectivity index (χ1v) is 5.92. The van der Waals surface area contributed by atoms with Crippen molar-refractivity contribution >= 4 is 10.2 Å². The first-order valence-electron chi connectivity index (χ1n) is 4.43. The predicted molar refractivity (Wildman–Crippen MR) is 52.9 cm³/mol. The van der Waals surface area contributed by atoms with Crippen molar-refractivity contribution < 1.29 is 8.42 Å². The Balaban J connectivity index is 2.62. The SMILES string of the molecule is CC(C)NS(=O)(=O)NC(C)c1nn[nH]n1. The summed E-state index contributed by atoms with van der Waals surface area (Å²) in [7, 11) is -3.53. The molecule has 86 valence electrons. The van der Waals surface area contributed by atoms with Crippen LogP contribution in [0.5, 0.6) is 0 Å². The topological polar surface area (TPSA) is 113 Å². The van der Waals surface area contributed by atoms with Crippen LogP contribution in [0.4, 0.5) is 0 Å². The highest BCUT2D eigenvalue weighted by molar-refractivity contribution is 7.87. The lowest BCUT2D eigenvalue weighted by Gasteiger charge is -2.13. The molecule has 9 heteroatoms. The molecule has 1 aromatic rings. The first-order chi connectivity index (χ1) is 6.91. The quantitative estimate of drug-likeness (QED) is 0.610. The molecular formula is C6H14N6O2S.